The molecule has 28 heavy (non-hydrogen) atoms. The van der Waals surface area contributed by atoms with Crippen LogP contribution in [0.2, 0.25) is 0 Å². The zero-order valence-corrected chi connectivity index (χ0v) is 16.2. The zero-order chi connectivity index (χ0) is 18.8. The van der Waals surface area contributed by atoms with Crippen LogP contribution in [0.5, 0.6) is 0 Å². The number of carbonyl (C=O) groups excluding carboxylic acids is 2. The molecule has 2 amide bonds. The largest absolute Gasteiger partial charge is 0.329 e. The molecule has 5 nitrogen and oxygen atoms in total. The van der Waals surface area contributed by atoms with Gasteiger partial charge in [0.1, 0.15) is 5.82 Å². The molecular weight excluding hydrogens is 381 g/mol. The third-order valence-corrected chi connectivity index (χ3v) is 5.06. The molecule has 2 fully saturated rings. The van der Waals surface area contributed by atoms with Crippen LogP contribution < -0.4 is 10.6 Å². The highest BCUT2D eigenvalue weighted by atomic mass is 35.5. The maximum absolute atomic E-state index is 13.7. The van der Waals surface area contributed by atoms with E-state index >= 15 is 0 Å². The van der Waals surface area contributed by atoms with Crippen molar-refractivity contribution in [2.24, 2.45) is 5.92 Å². The lowest BCUT2D eigenvalue weighted by Gasteiger charge is -2.36. The quantitative estimate of drug-likeness (QED) is 0.822. The predicted octanol–water partition coefficient (Wildman–Crippen LogP) is 3.38. The van der Waals surface area contributed by atoms with Crippen molar-refractivity contribution in [3.8, 4) is 0 Å². The molecule has 2 aromatic rings. The molecule has 0 aromatic heterocycles. The van der Waals surface area contributed by atoms with Gasteiger partial charge in [0, 0.05) is 36.8 Å². The summed E-state index contributed by atoms with van der Waals surface area (Å²) in [7, 11) is 0. The smallest absolute Gasteiger partial charge is 0.254 e. The minimum absolute atomic E-state index is 0. The van der Waals surface area contributed by atoms with E-state index in [0.717, 1.165) is 18.4 Å². The number of halogens is 2. The van der Waals surface area contributed by atoms with Crippen LogP contribution in [-0.4, -0.2) is 36.3 Å². The van der Waals surface area contributed by atoms with Gasteiger partial charge in [-0.15, -0.1) is 12.4 Å². The molecule has 1 heterocycles. The first-order valence-corrected chi connectivity index (χ1v) is 9.30. The van der Waals surface area contributed by atoms with Gasteiger partial charge in [-0.25, -0.2) is 4.39 Å². The number of hydrogen-bond donors (Lipinski definition) is 2. The fourth-order valence-electron chi connectivity index (χ4n) is 3.44. The minimum Gasteiger partial charge on any atom is -0.329 e. The van der Waals surface area contributed by atoms with Crippen molar-refractivity contribution in [1.82, 2.24) is 10.2 Å². The first kappa shape index (κ1) is 20.3. The van der Waals surface area contributed by atoms with Crippen molar-refractivity contribution in [1.29, 1.82) is 0 Å². The van der Waals surface area contributed by atoms with Gasteiger partial charge in [0.05, 0.1) is 6.04 Å². The average molecular weight is 404 g/mol. The fraction of sp³-hybridized carbons (Fsp3) is 0.333. The molecule has 2 N–H and O–H groups in total. The van der Waals surface area contributed by atoms with E-state index in [2.05, 4.69) is 10.6 Å². The van der Waals surface area contributed by atoms with Crippen LogP contribution in [0.15, 0.2) is 48.5 Å². The molecule has 0 radical (unpaired) electrons. The first-order valence-electron chi connectivity index (χ1n) is 9.30. The summed E-state index contributed by atoms with van der Waals surface area (Å²) in [5, 5.41) is 6.15. The summed E-state index contributed by atoms with van der Waals surface area (Å²) in [4.78, 5) is 26.9. The Morgan fingerprint density at radius 2 is 1.89 bits per heavy atom. The Morgan fingerprint density at radius 1 is 1.11 bits per heavy atom. The third-order valence-electron chi connectivity index (χ3n) is 5.06. The monoisotopic (exact) mass is 403 g/mol. The van der Waals surface area contributed by atoms with Crippen LogP contribution >= 0.6 is 12.4 Å². The van der Waals surface area contributed by atoms with Crippen LogP contribution in [-0.2, 0) is 4.79 Å². The lowest BCUT2D eigenvalue weighted by Crippen LogP contribution is -2.48. The van der Waals surface area contributed by atoms with Crippen molar-refractivity contribution in [3.63, 3.8) is 0 Å². The molecule has 2 aromatic carbocycles. The lowest BCUT2D eigenvalue weighted by molar-refractivity contribution is -0.117. The number of piperazine rings is 1. The summed E-state index contributed by atoms with van der Waals surface area (Å²) >= 11 is 0. The highest BCUT2D eigenvalue weighted by Gasteiger charge is 2.31. The van der Waals surface area contributed by atoms with E-state index in [0.29, 0.717) is 30.9 Å². The molecule has 148 valence electrons. The van der Waals surface area contributed by atoms with Crippen molar-refractivity contribution in [2.75, 3.05) is 25.0 Å². The van der Waals surface area contributed by atoms with Crippen LogP contribution in [0, 0.1) is 11.7 Å². The fourth-order valence-corrected chi connectivity index (χ4v) is 3.44. The van der Waals surface area contributed by atoms with Crippen LogP contribution in [0.25, 0.3) is 0 Å². The summed E-state index contributed by atoms with van der Waals surface area (Å²) in [6, 6.07) is 13.2. The molecule has 1 aliphatic heterocycles. The Hall–Kier alpha value is -2.44. The van der Waals surface area contributed by atoms with Gasteiger partial charge in [-0.05, 0) is 48.7 Å². The van der Waals surface area contributed by atoms with E-state index in [9.17, 15) is 14.0 Å². The molecule has 1 saturated carbocycles. The third kappa shape index (κ3) is 4.51. The number of rotatable bonds is 4. The molecule has 7 heteroatoms. The number of nitrogens with zero attached hydrogens (tertiary/aromatic N) is 1. The SMILES string of the molecule is Cl.O=C(Nc1cccc(C(=O)N2CCNCC2c2cccc(F)c2)c1)C1CC1. The van der Waals surface area contributed by atoms with Crippen molar-refractivity contribution in [2.45, 2.75) is 18.9 Å². The van der Waals surface area contributed by atoms with Gasteiger partial charge in [-0.3, -0.25) is 9.59 Å². The second kappa shape index (κ2) is 8.71. The van der Waals surface area contributed by atoms with Gasteiger partial charge in [-0.2, -0.15) is 0 Å². The molecule has 1 aliphatic carbocycles. The van der Waals surface area contributed by atoms with Crippen LogP contribution in [0.1, 0.15) is 34.8 Å². The molecule has 0 spiro atoms. The van der Waals surface area contributed by atoms with Crippen LogP contribution in [0.4, 0.5) is 10.1 Å². The van der Waals surface area contributed by atoms with E-state index < -0.39 is 0 Å². The highest BCUT2D eigenvalue weighted by molar-refractivity contribution is 5.98. The summed E-state index contributed by atoms with van der Waals surface area (Å²) in [5.41, 5.74) is 1.93. The Labute approximate surface area is 169 Å². The summed E-state index contributed by atoms with van der Waals surface area (Å²) in [6.45, 7) is 1.81. The lowest BCUT2D eigenvalue weighted by atomic mass is 10.0. The van der Waals surface area contributed by atoms with E-state index in [-0.39, 0.29) is 42.0 Å². The highest BCUT2D eigenvalue weighted by Crippen LogP contribution is 2.30. The summed E-state index contributed by atoms with van der Waals surface area (Å²) < 4.78 is 13.7. The van der Waals surface area contributed by atoms with Gasteiger partial charge in [-0.1, -0.05) is 18.2 Å². The van der Waals surface area contributed by atoms with Crippen molar-refractivity contribution < 1.29 is 14.0 Å². The molecule has 1 unspecified atom stereocenters. The number of carbonyl (C=O) groups is 2. The average Bonchev–Trinajstić information content (AvgIpc) is 3.53. The number of anilines is 1. The Kier molecular flexibility index (Phi) is 6.31. The Morgan fingerprint density at radius 3 is 2.64 bits per heavy atom. The molecule has 0 bridgehead atoms. The van der Waals surface area contributed by atoms with Crippen molar-refractivity contribution >= 4 is 29.9 Å². The van der Waals surface area contributed by atoms with E-state index in [4.69, 9.17) is 0 Å². The predicted molar refractivity (Wildman–Crippen MR) is 108 cm³/mol. The standard InChI is InChI=1S/C21H22FN3O2.ClH/c22-17-5-1-3-15(11-17)19-13-23-9-10-25(19)21(27)16-4-2-6-18(12-16)24-20(26)14-7-8-14;/h1-6,11-12,14,19,23H,7-10,13H2,(H,24,26);1H. The number of nitrogens with one attached hydrogen (secondary N) is 2. The number of hydrogen-bond acceptors (Lipinski definition) is 3. The van der Waals surface area contributed by atoms with E-state index in [1.807, 2.05) is 6.07 Å². The molecule has 1 saturated heterocycles. The second-order valence-corrected chi connectivity index (χ2v) is 7.12. The van der Waals surface area contributed by atoms with Gasteiger partial charge in [0.15, 0.2) is 0 Å². The molecular formula is C21H23ClFN3O2. The van der Waals surface area contributed by atoms with E-state index in [1.165, 1.54) is 12.1 Å². The number of amides is 2. The van der Waals surface area contributed by atoms with Crippen LogP contribution in [0.3, 0.4) is 0 Å². The van der Waals surface area contributed by atoms with E-state index in [1.54, 1.807) is 35.2 Å². The first-order chi connectivity index (χ1) is 13.1. The maximum atomic E-state index is 13.7. The topological polar surface area (TPSA) is 61.4 Å². The van der Waals surface area contributed by atoms with Gasteiger partial charge >= 0.3 is 0 Å². The van der Waals surface area contributed by atoms with Gasteiger partial charge in [0.25, 0.3) is 5.91 Å². The minimum atomic E-state index is -0.310. The molecule has 2 aliphatic rings. The molecule has 1 atom stereocenters. The normalized spacial score (nSPS) is 18.9. The summed E-state index contributed by atoms with van der Waals surface area (Å²) in [5.74, 6) is -0.308. The maximum Gasteiger partial charge on any atom is 0.254 e. The Balaban J connectivity index is 0.00000225. The Bertz CT molecular complexity index is 872. The zero-order valence-electron chi connectivity index (χ0n) is 15.4. The van der Waals surface area contributed by atoms with Crippen molar-refractivity contribution in [3.05, 3.63) is 65.5 Å². The van der Waals surface area contributed by atoms with Gasteiger partial charge in [0.2, 0.25) is 5.91 Å². The molecule has 4 rings (SSSR count). The summed E-state index contributed by atoms with van der Waals surface area (Å²) in [6.07, 6.45) is 1.86. The number of benzene rings is 2. The van der Waals surface area contributed by atoms with Gasteiger partial charge < -0.3 is 15.5 Å². The second-order valence-electron chi connectivity index (χ2n) is 7.12.